The highest BCUT2D eigenvalue weighted by Gasteiger charge is 2.36. The van der Waals surface area contributed by atoms with Crippen LogP contribution in [0.4, 0.5) is 0 Å². The van der Waals surface area contributed by atoms with Gasteiger partial charge in [-0.1, -0.05) is 18.6 Å². The Morgan fingerprint density at radius 2 is 2.13 bits per heavy atom. The number of carbonyl (C=O) groups excluding carboxylic acids is 2. The number of aliphatic carboxylic acids is 1. The van der Waals surface area contributed by atoms with Crippen LogP contribution in [0.25, 0.3) is 0 Å². The molecule has 0 saturated heterocycles. The maximum Gasteiger partial charge on any atom is 0.309 e. The van der Waals surface area contributed by atoms with Crippen LogP contribution in [-0.4, -0.2) is 19.0 Å². The Morgan fingerprint density at radius 1 is 1.53 bits per heavy atom. The highest BCUT2D eigenvalue weighted by Crippen LogP contribution is 2.34. The fourth-order valence-electron chi connectivity index (χ4n) is 2.22. The zero-order valence-electron chi connectivity index (χ0n) is 9.15. The highest BCUT2D eigenvalue weighted by atomic mass is 16.5. The molecule has 1 aliphatic carbocycles. The third kappa shape index (κ3) is 2.37. The van der Waals surface area contributed by atoms with E-state index in [0.717, 1.165) is 5.57 Å². The standard InChI is InChI=1S/C11H16O4/c1-6-4-7(2)9(10(12)13)8(5-6)11(14)15-3/h4,7-9H,5H2,1-3H3,(H,12,13)/p-1/t7-,8-,9+/m1/s1. The Morgan fingerprint density at radius 3 is 2.60 bits per heavy atom. The largest absolute Gasteiger partial charge is 0.550 e. The van der Waals surface area contributed by atoms with E-state index in [0.29, 0.717) is 6.42 Å². The first-order valence-corrected chi connectivity index (χ1v) is 4.93. The first kappa shape index (κ1) is 11.8. The molecule has 4 heteroatoms. The lowest BCUT2D eigenvalue weighted by atomic mass is 9.74. The maximum absolute atomic E-state index is 11.4. The fourth-order valence-corrected chi connectivity index (χ4v) is 2.22. The van der Waals surface area contributed by atoms with E-state index in [2.05, 4.69) is 4.74 Å². The summed E-state index contributed by atoms with van der Waals surface area (Å²) in [4.78, 5) is 22.4. The fraction of sp³-hybridized carbons (Fsp3) is 0.636. The summed E-state index contributed by atoms with van der Waals surface area (Å²) in [5.74, 6) is -3.22. The van der Waals surface area contributed by atoms with Crippen molar-refractivity contribution in [2.75, 3.05) is 7.11 Å². The Labute approximate surface area is 88.9 Å². The molecule has 84 valence electrons. The van der Waals surface area contributed by atoms with Crippen LogP contribution in [0.15, 0.2) is 11.6 Å². The Kier molecular flexibility index (Phi) is 3.50. The van der Waals surface area contributed by atoms with Crippen LogP contribution in [0.1, 0.15) is 20.3 Å². The summed E-state index contributed by atoms with van der Waals surface area (Å²) in [6.45, 7) is 3.66. The summed E-state index contributed by atoms with van der Waals surface area (Å²) in [6.07, 6.45) is 2.32. The molecule has 0 radical (unpaired) electrons. The SMILES string of the molecule is COC(=O)[C@@H]1CC(C)=C[C@@H](C)[C@@H]1C(=O)[O-]. The van der Waals surface area contributed by atoms with E-state index in [1.165, 1.54) is 7.11 Å². The van der Waals surface area contributed by atoms with Gasteiger partial charge >= 0.3 is 5.97 Å². The number of carboxylic acids is 1. The molecule has 0 amide bonds. The Balaban J connectivity index is 2.97. The number of hydrogen-bond acceptors (Lipinski definition) is 4. The maximum atomic E-state index is 11.4. The number of methoxy groups -OCH3 is 1. The van der Waals surface area contributed by atoms with Crippen LogP contribution in [0.3, 0.4) is 0 Å². The lowest BCUT2D eigenvalue weighted by molar-refractivity contribution is -0.314. The second-order valence-electron chi connectivity index (χ2n) is 4.05. The molecule has 1 aliphatic rings. The molecule has 0 aromatic heterocycles. The number of rotatable bonds is 2. The number of esters is 1. The first-order valence-electron chi connectivity index (χ1n) is 4.93. The van der Waals surface area contributed by atoms with Crippen molar-refractivity contribution in [1.29, 1.82) is 0 Å². The zero-order chi connectivity index (χ0) is 11.6. The third-order valence-corrected chi connectivity index (χ3v) is 2.87. The highest BCUT2D eigenvalue weighted by molar-refractivity contribution is 5.81. The number of ether oxygens (including phenoxy) is 1. The normalized spacial score (nSPS) is 30.6. The van der Waals surface area contributed by atoms with E-state index in [4.69, 9.17) is 0 Å². The van der Waals surface area contributed by atoms with Crippen LogP contribution in [0, 0.1) is 17.8 Å². The molecule has 0 fully saturated rings. The summed E-state index contributed by atoms with van der Waals surface area (Å²) in [6, 6.07) is 0. The number of hydrogen-bond donors (Lipinski definition) is 0. The minimum atomic E-state index is -1.18. The minimum Gasteiger partial charge on any atom is -0.550 e. The van der Waals surface area contributed by atoms with Crippen molar-refractivity contribution in [1.82, 2.24) is 0 Å². The van der Waals surface area contributed by atoms with Gasteiger partial charge in [-0.25, -0.2) is 0 Å². The van der Waals surface area contributed by atoms with Crippen LogP contribution >= 0.6 is 0 Å². The van der Waals surface area contributed by atoms with E-state index in [1.807, 2.05) is 13.0 Å². The van der Waals surface area contributed by atoms with E-state index < -0.39 is 23.8 Å². The third-order valence-electron chi connectivity index (χ3n) is 2.87. The van der Waals surface area contributed by atoms with Crippen molar-refractivity contribution < 1.29 is 19.4 Å². The van der Waals surface area contributed by atoms with Crippen molar-refractivity contribution in [3.63, 3.8) is 0 Å². The van der Waals surface area contributed by atoms with Crippen molar-refractivity contribution in [2.45, 2.75) is 20.3 Å². The number of allylic oxidation sites excluding steroid dienone is 2. The topological polar surface area (TPSA) is 66.4 Å². The summed E-state index contributed by atoms with van der Waals surface area (Å²) in [5.41, 5.74) is 1.02. The van der Waals surface area contributed by atoms with Crippen molar-refractivity contribution in [2.24, 2.45) is 17.8 Å². The van der Waals surface area contributed by atoms with E-state index in [9.17, 15) is 14.7 Å². The van der Waals surface area contributed by atoms with Gasteiger partial charge in [0.1, 0.15) is 0 Å². The molecule has 0 unspecified atom stereocenters. The lowest BCUT2D eigenvalue weighted by Crippen LogP contribution is -2.44. The molecule has 4 nitrogen and oxygen atoms in total. The smallest absolute Gasteiger partial charge is 0.309 e. The van der Waals surface area contributed by atoms with Crippen molar-refractivity contribution >= 4 is 11.9 Å². The zero-order valence-corrected chi connectivity index (χ0v) is 9.15. The summed E-state index contributed by atoms with van der Waals surface area (Å²) >= 11 is 0. The average molecular weight is 211 g/mol. The van der Waals surface area contributed by atoms with Gasteiger partial charge in [0.2, 0.25) is 0 Å². The predicted molar refractivity (Wildman–Crippen MR) is 51.5 cm³/mol. The van der Waals surface area contributed by atoms with Crippen molar-refractivity contribution in [3.8, 4) is 0 Å². The predicted octanol–water partition coefficient (Wildman–Crippen LogP) is 0.128. The lowest BCUT2D eigenvalue weighted by Gasteiger charge is -2.33. The monoisotopic (exact) mass is 211 g/mol. The summed E-state index contributed by atoms with van der Waals surface area (Å²) in [5, 5.41) is 11.0. The van der Waals surface area contributed by atoms with Gasteiger partial charge in [0.25, 0.3) is 0 Å². The molecular weight excluding hydrogens is 196 g/mol. The second-order valence-corrected chi connectivity index (χ2v) is 4.05. The quantitative estimate of drug-likeness (QED) is 0.481. The molecule has 0 heterocycles. The molecular formula is C11H15O4-. The van der Waals surface area contributed by atoms with Crippen LogP contribution in [0.2, 0.25) is 0 Å². The molecule has 0 bridgehead atoms. The number of carboxylic acid groups (broad SMARTS) is 1. The van der Waals surface area contributed by atoms with Gasteiger partial charge in [0.05, 0.1) is 13.0 Å². The van der Waals surface area contributed by atoms with E-state index in [1.54, 1.807) is 6.92 Å². The second kappa shape index (κ2) is 4.47. The van der Waals surface area contributed by atoms with Crippen LogP contribution < -0.4 is 5.11 Å². The molecule has 1 rings (SSSR count). The molecule has 0 aromatic carbocycles. The molecule has 3 atom stereocenters. The van der Waals surface area contributed by atoms with E-state index in [-0.39, 0.29) is 5.92 Å². The van der Waals surface area contributed by atoms with Gasteiger partial charge in [-0.2, -0.15) is 0 Å². The molecule has 0 aromatic rings. The molecule has 0 aliphatic heterocycles. The van der Waals surface area contributed by atoms with Crippen LogP contribution in [0.5, 0.6) is 0 Å². The van der Waals surface area contributed by atoms with Gasteiger partial charge in [0, 0.05) is 11.9 Å². The van der Waals surface area contributed by atoms with Gasteiger partial charge in [-0.3, -0.25) is 4.79 Å². The van der Waals surface area contributed by atoms with Crippen LogP contribution in [-0.2, 0) is 14.3 Å². The molecule has 0 saturated carbocycles. The first-order chi connectivity index (χ1) is 6.97. The van der Waals surface area contributed by atoms with Gasteiger partial charge in [-0.15, -0.1) is 0 Å². The Bertz CT molecular complexity index is 306. The minimum absolute atomic E-state index is 0.187. The Hall–Kier alpha value is -1.32. The van der Waals surface area contributed by atoms with E-state index >= 15 is 0 Å². The summed E-state index contributed by atoms with van der Waals surface area (Å²) in [7, 11) is 1.27. The molecule has 0 spiro atoms. The molecule has 15 heavy (non-hydrogen) atoms. The van der Waals surface area contributed by atoms with Gasteiger partial charge in [0.15, 0.2) is 0 Å². The molecule has 0 N–H and O–H groups in total. The number of carbonyl (C=O) groups is 2. The van der Waals surface area contributed by atoms with Gasteiger partial charge in [-0.05, 0) is 19.3 Å². The van der Waals surface area contributed by atoms with Crippen molar-refractivity contribution in [3.05, 3.63) is 11.6 Å². The van der Waals surface area contributed by atoms with Gasteiger partial charge < -0.3 is 14.6 Å². The summed E-state index contributed by atoms with van der Waals surface area (Å²) < 4.78 is 4.61. The average Bonchev–Trinajstić information content (AvgIpc) is 2.14.